The first-order valence-corrected chi connectivity index (χ1v) is 4.83. The Morgan fingerprint density at radius 3 is 3.00 bits per heavy atom. The number of hydrogen-bond acceptors (Lipinski definition) is 1. The van der Waals surface area contributed by atoms with Gasteiger partial charge < -0.3 is 9.72 Å². The number of nitrogens with one attached hydrogen (secondary N) is 1. The Labute approximate surface area is 83.9 Å². The molecule has 73 valence electrons. The zero-order chi connectivity index (χ0) is 9.97. The normalized spacial score (nSPS) is 13.3. The third-order valence-corrected chi connectivity index (χ3v) is 2.34. The number of ether oxygens (including phenoxy) is 1. The van der Waals surface area contributed by atoms with Crippen LogP contribution in [-0.4, -0.2) is 11.6 Å². The average molecular weight is 188 g/mol. The third-order valence-electron chi connectivity index (χ3n) is 2.34. The molecule has 2 heteroatoms. The fourth-order valence-corrected chi connectivity index (χ4v) is 1.65. The highest BCUT2D eigenvalue weighted by Gasteiger charge is 2.09. The van der Waals surface area contributed by atoms with Crippen LogP contribution in [0, 0.1) is 6.92 Å². The maximum atomic E-state index is 5.46. The van der Waals surface area contributed by atoms with Crippen molar-refractivity contribution in [2.75, 3.05) is 6.61 Å². The Morgan fingerprint density at radius 1 is 1.43 bits per heavy atom. The van der Waals surface area contributed by atoms with Gasteiger partial charge in [-0.3, -0.25) is 0 Å². The maximum absolute atomic E-state index is 5.46. The number of para-hydroxylation sites is 1. The lowest BCUT2D eigenvalue weighted by atomic mass is 10.1. The van der Waals surface area contributed by atoms with Crippen molar-refractivity contribution in [1.82, 2.24) is 4.98 Å². The van der Waals surface area contributed by atoms with E-state index in [0.29, 0.717) is 6.61 Å². The van der Waals surface area contributed by atoms with Gasteiger partial charge >= 0.3 is 0 Å². The van der Waals surface area contributed by atoms with E-state index in [9.17, 15) is 0 Å². The van der Waals surface area contributed by atoms with Gasteiger partial charge in [-0.05, 0) is 19.9 Å². The molecule has 0 aliphatic heterocycles. The molecule has 0 aliphatic carbocycles. The summed E-state index contributed by atoms with van der Waals surface area (Å²) in [6.45, 7) is 6.65. The van der Waals surface area contributed by atoms with Gasteiger partial charge in [0.15, 0.2) is 0 Å². The van der Waals surface area contributed by atoms with Crippen molar-refractivity contribution in [1.29, 1.82) is 0 Å². The Kier molecular flexibility index (Phi) is 2.55. The molecule has 0 saturated carbocycles. The highest BCUT2D eigenvalue weighted by atomic mass is 16.5. The predicted molar refractivity (Wildman–Crippen MR) is 58.0 cm³/mol. The zero-order valence-electron chi connectivity index (χ0n) is 8.29. The molecule has 14 heavy (non-hydrogen) atoms. The fourth-order valence-electron chi connectivity index (χ4n) is 1.65. The molecule has 2 rings (SSSR count). The topological polar surface area (TPSA) is 25.0 Å². The third kappa shape index (κ3) is 1.53. The molecule has 1 heterocycles. The van der Waals surface area contributed by atoms with E-state index >= 15 is 0 Å². The van der Waals surface area contributed by atoms with Gasteiger partial charge in [-0.25, -0.2) is 0 Å². The largest absolute Gasteiger partial charge is 0.374 e. The Morgan fingerprint density at radius 2 is 2.21 bits per heavy atom. The van der Waals surface area contributed by atoms with E-state index in [-0.39, 0.29) is 6.10 Å². The van der Waals surface area contributed by atoms with Gasteiger partial charge in [0.1, 0.15) is 0 Å². The summed E-state index contributed by atoms with van der Waals surface area (Å²) in [5.41, 5.74) is 2.26. The van der Waals surface area contributed by atoms with Gasteiger partial charge in [0.2, 0.25) is 0 Å². The van der Waals surface area contributed by atoms with Gasteiger partial charge in [0.05, 0.1) is 6.10 Å². The standard InChI is InChI=1S/C12H14NO/c1-3-14-9(2)11-8-13-12-7-5-4-6-10(11)12/h4-9,13H,2-3H2,1H3. The van der Waals surface area contributed by atoms with Gasteiger partial charge in [-0.15, -0.1) is 0 Å². The van der Waals surface area contributed by atoms with E-state index in [0.717, 1.165) is 11.1 Å². The van der Waals surface area contributed by atoms with Crippen LogP contribution in [0.4, 0.5) is 0 Å². The molecule has 1 unspecified atom stereocenters. The summed E-state index contributed by atoms with van der Waals surface area (Å²) in [4.78, 5) is 3.21. The Hall–Kier alpha value is -1.28. The molecule has 0 saturated heterocycles. The van der Waals surface area contributed by atoms with E-state index < -0.39 is 0 Å². The minimum atomic E-state index is -0.0869. The minimum Gasteiger partial charge on any atom is -0.374 e. The van der Waals surface area contributed by atoms with Crippen molar-refractivity contribution in [2.45, 2.75) is 13.0 Å². The second-order valence-electron chi connectivity index (χ2n) is 3.23. The summed E-state index contributed by atoms with van der Waals surface area (Å²) >= 11 is 0. The fraction of sp³-hybridized carbons (Fsp3) is 0.250. The minimum absolute atomic E-state index is 0.0869. The van der Waals surface area contributed by atoms with Crippen LogP contribution >= 0.6 is 0 Å². The second kappa shape index (κ2) is 3.84. The number of aromatic nitrogens is 1. The van der Waals surface area contributed by atoms with Gasteiger partial charge in [-0.2, -0.15) is 0 Å². The molecule has 1 atom stereocenters. The highest BCUT2D eigenvalue weighted by molar-refractivity contribution is 5.83. The summed E-state index contributed by atoms with van der Waals surface area (Å²) in [5, 5.41) is 1.20. The molecule has 2 aromatic rings. The number of rotatable bonds is 3. The first-order valence-electron chi connectivity index (χ1n) is 4.83. The van der Waals surface area contributed by atoms with Crippen molar-refractivity contribution in [3.63, 3.8) is 0 Å². The Bertz CT molecular complexity index is 419. The number of aromatic amines is 1. The summed E-state index contributed by atoms with van der Waals surface area (Å²) in [6, 6.07) is 8.18. The van der Waals surface area contributed by atoms with Gasteiger partial charge in [0, 0.05) is 29.3 Å². The van der Waals surface area contributed by atoms with Crippen molar-refractivity contribution in [3.05, 3.63) is 42.9 Å². The van der Waals surface area contributed by atoms with E-state index in [1.807, 2.05) is 25.3 Å². The lowest BCUT2D eigenvalue weighted by Crippen LogP contribution is -1.98. The number of H-pyrrole nitrogens is 1. The zero-order valence-corrected chi connectivity index (χ0v) is 8.29. The second-order valence-corrected chi connectivity index (χ2v) is 3.23. The van der Waals surface area contributed by atoms with Crippen LogP contribution in [0.2, 0.25) is 0 Å². The monoisotopic (exact) mass is 188 g/mol. The smallest absolute Gasteiger partial charge is 0.0846 e. The molecule has 0 bridgehead atoms. The van der Waals surface area contributed by atoms with Crippen LogP contribution in [-0.2, 0) is 4.74 Å². The van der Waals surface area contributed by atoms with Crippen molar-refractivity contribution in [2.24, 2.45) is 0 Å². The molecule has 1 aromatic carbocycles. The number of fused-ring (bicyclic) bond motifs is 1. The lowest BCUT2D eigenvalue weighted by molar-refractivity contribution is 0.0958. The summed E-state index contributed by atoms with van der Waals surface area (Å²) < 4.78 is 5.46. The molecule has 2 nitrogen and oxygen atoms in total. The summed E-state index contributed by atoms with van der Waals surface area (Å²) in [5.74, 6) is 0. The van der Waals surface area contributed by atoms with E-state index in [1.54, 1.807) is 0 Å². The van der Waals surface area contributed by atoms with Crippen LogP contribution < -0.4 is 0 Å². The first kappa shape index (κ1) is 9.28. The molecular weight excluding hydrogens is 174 g/mol. The van der Waals surface area contributed by atoms with E-state index in [1.165, 1.54) is 5.39 Å². The van der Waals surface area contributed by atoms with Gasteiger partial charge in [0.25, 0.3) is 0 Å². The SMILES string of the molecule is [CH2]C(OCC)c1c[nH]c2ccccc12. The van der Waals surface area contributed by atoms with Crippen molar-refractivity contribution < 1.29 is 4.74 Å². The predicted octanol–water partition coefficient (Wildman–Crippen LogP) is 3.08. The molecule has 1 N–H and O–H groups in total. The molecule has 1 radical (unpaired) electrons. The maximum Gasteiger partial charge on any atom is 0.0846 e. The molecule has 0 fully saturated rings. The molecule has 0 spiro atoms. The lowest BCUT2D eigenvalue weighted by Gasteiger charge is -2.09. The average Bonchev–Trinajstić information content (AvgIpc) is 2.61. The van der Waals surface area contributed by atoms with Crippen LogP contribution in [0.15, 0.2) is 30.5 Å². The number of hydrogen-bond donors (Lipinski definition) is 1. The number of benzene rings is 1. The van der Waals surface area contributed by atoms with Crippen LogP contribution in [0.25, 0.3) is 10.9 Å². The summed E-state index contributed by atoms with van der Waals surface area (Å²) in [6.07, 6.45) is 1.88. The van der Waals surface area contributed by atoms with Crippen LogP contribution in [0.5, 0.6) is 0 Å². The van der Waals surface area contributed by atoms with E-state index in [2.05, 4.69) is 24.0 Å². The molecular formula is C12H14NO. The summed E-state index contributed by atoms with van der Waals surface area (Å²) in [7, 11) is 0. The Balaban J connectivity index is 2.42. The quantitative estimate of drug-likeness (QED) is 0.786. The van der Waals surface area contributed by atoms with Gasteiger partial charge in [-0.1, -0.05) is 18.2 Å². The molecule has 1 aromatic heterocycles. The first-order chi connectivity index (χ1) is 6.83. The van der Waals surface area contributed by atoms with Crippen molar-refractivity contribution >= 4 is 10.9 Å². The van der Waals surface area contributed by atoms with E-state index in [4.69, 9.17) is 4.74 Å². The highest BCUT2D eigenvalue weighted by Crippen LogP contribution is 2.25. The molecule has 0 aliphatic rings. The molecule has 0 amide bonds. The van der Waals surface area contributed by atoms with Crippen LogP contribution in [0.1, 0.15) is 18.6 Å². The van der Waals surface area contributed by atoms with Crippen LogP contribution in [0.3, 0.4) is 0 Å². The van der Waals surface area contributed by atoms with Crippen molar-refractivity contribution in [3.8, 4) is 0 Å².